The van der Waals surface area contributed by atoms with Crippen LogP contribution in [0, 0.1) is 0 Å². The van der Waals surface area contributed by atoms with Crippen LogP contribution in [0.1, 0.15) is 26.3 Å². The molecule has 1 aromatic heterocycles. The van der Waals surface area contributed by atoms with E-state index in [-0.39, 0.29) is 9.77 Å². The summed E-state index contributed by atoms with van der Waals surface area (Å²) in [6.45, 7) is 5.83. The van der Waals surface area contributed by atoms with E-state index in [1.807, 2.05) is 30.3 Å². The van der Waals surface area contributed by atoms with Crippen LogP contribution in [-0.4, -0.2) is 18.5 Å². The maximum atomic E-state index is 12.5. The first-order valence-corrected chi connectivity index (χ1v) is 10.2. The number of benzene rings is 2. The quantitative estimate of drug-likeness (QED) is 0.760. The van der Waals surface area contributed by atoms with Crippen molar-refractivity contribution in [2.45, 2.75) is 37.8 Å². The van der Waals surface area contributed by atoms with Gasteiger partial charge in [-0.2, -0.15) is 0 Å². The maximum Gasteiger partial charge on any atom is 0.308 e. The molecule has 5 nitrogen and oxygen atoms in total. The fourth-order valence-electron chi connectivity index (χ4n) is 2.59. The lowest BCUT2D eigenvalue weighted by Crippen LogP contribution is -2.40. The van der Waals surface area contributed by atoms with Gasteiger partial charge in [-0.25, -0.2) is 13.1 Å². The van der Waals surface area contributed by atoms with Crippen LogP contribution in [0.15, 0.2) is 58.2 Å². The van der Waals surface area contributed by atoms with Crippen LogP contribution in [0.25, 0.3) is 10.2 Å². The molecule has 1 N–H and O–H groups in total. The van der Waals surface area contributed by atoms with E-state index in [2.05, 4.69) is 4.72 Å². The summed E-state index contributed by atoms with van der Waals surface area (Å²) in [7, 11) is -3.63. The van der Waals surface area contributed by atoms with E-state index >= 15 is 0 Å². The molecule has 0 fully saturated rings. The Morgan fingerprint density at radius 3 is 2.40 bits per heavy atom. The molecule has 132 valence electrons. The molecule has 3 rings (SSSR count). The van der Waals surface area contributed by atoms with Crippen molar-refractivity contribution in [3.63, 3.8) is 0 Å². The zero-order valence-electron chi connectivity index (χ0n) is 14.3. The molecule has 0 saturated carbocycles. The summed E-state index contributed by atoms with van der Waals surface area (Å²) in [5.41, 5.74) is 1.20. The zero-order valence-corrected chi connectivity index (χ0v) is 15.9. The third kappa shape index (κ3) is 4.00. The predicted molar refractivity (Wildman–Crippen MR) is 102 cm³/mol. The van der Waals surface area contributed by atoms with Crippen LogP contribution in [0.2, 0.25) is 0 Å². The van der Waals surface area contributed by atoms with Crippen LogP contribution in [0.5, 0.6) is 0 Å². The Morgan fingerprint density at radius 1 is 1.08 bits per heavy atom. The van der Waals surface area contributed by atoms with E-state index < -0.39 is 15.6 Å². The van der Waals surface area contributed by atoms with Gasteiger partial charge in [0.1, 0.15) is 0 Å². The van der Waals surface area contributed by atoms with Crippen molar-refractivity contribution in [3.8, 4) is 0 Å². The van der Waals surface area contributed by atoms with Gasteiger partial charge in [0.25, 0.3) is 0 Å². The van der Waals surface area contributed by atoms with Gasteiger partial charge in [0.15, 0.2) is 0 Å². The Labute approximate surface area is 151 Å². The summed E-state index contributed by atoms with van der Waals surface area (Å²) < 4.78 is 29.9. The number of thiazole rings is 1. The van der Waals surface area contributed by atoms with E-state index in [9.17, 15) is 13.2 Å². The maximum absolute atomic E-state index is 12.5. The standard InChI is InChI=1S/C18H20N2O3S2/c1-18(2,3)19-25(22,23)14-9-10-15-16(11-14)24-17(21)20(15)12-13-7-5-4-6-8-13/h4-11,19H,12H2,1-3H3. The smallest absolute Gasteiger partial charge is 0.294 e. The molecule has 0 aliphatic heterocycles. The van der Waals surface area contributed by atoms with Gasteiger partial charge in [0.05, 0.1) is 21.7 Å². The van der Waals surface area contributed by atoms with E-state index in [1.165, 1.54) is 0 Å². The van der Waals surface area contributed by atoms with E-state index in [4.69, 9.17) is 0 Å². The van der Waals surface area contributed by atoms with Crippen molar-refractivity contribution in [1.29, 1.82) is 0 Å². The Morgan fingerprint density at radius 2 is 1.76 bits per heavy atom. The second-order valence-corrected chi connectivity index (χ2v) is 9.60. The van der Waals surface area contributed by atoms with Gasteiger partial charge in [0.2, 0.25) is 10.0 Å². The first kappa shape index (κ1) is 17.8. The molecule has 0 bridgehead atoms. The first-order valence-electron chi connectivity index (χ1n) is 7.87. The fourth-order valence-corrected chi connectivity index (χ4v) is 5.04. The molecule has 0 aliphatic rings. The Kier molecular flexibility index (Phi) is 4.57. The molecule has 1 heterocycles. The molecule has 0 radical (unpaired) electrons. The number of nitrogens with one attached hydrogen (secondary N) is 1. The van der Waals surface area contributed by atoms with E-state index in [1.54, 1.807) is 43.5 Å². The number of rotatable bonds is 4. The van der Waals surface area contributed by atoms with Crippen molar-refractivity contribution in [2.75, 3.05) is 0 Å². The monoisotopic (exact) mass is 376 g/mol. The lowest BCUT2D eigenvalue weighted by Gasteiger charge is -2.20. The van der Waals surface area contributed by atoms with Crippen LogP contribution in [0.4, 0.5) is 0 Å². The number of nitrogens with zero attached hydrogens (tertiary/aromatic N) is 1. The Bertz CT molecular complexity index is 1060. The topological polar surface area (TPSA) is 68.2 Å². The lowest BCUT2D eigenvalue weighted by atomic mass is 10.1. The first-order chi connectivity index (χ1) is 11.7. The SMILES string of the molecule is CC(C)(C)NS(=O)(=O)c1ccc2c(c1)sc(=O)n2Cc1ccccc1. The van der Waals surface area contributed by atoms with Crippen molar-refractivity contribution >= 4 is 31.6 Å². The number of hydrogen-bond acceptors (Lipinski definition) is 4. The molecule has 25 heavy (non-hydrogen) atoms. The van der Waals surface area contributed by atoms with Gasteiger partial charge in [-0.15, -0.1) is 0 Å². The normalized spacial score (nSPS) is 12.6. The van der Waals surface area contributed by atoms with Crippen molar-refractivity contribution in [3.05, 3.63) is 63.8 Å². The van der Waals surface area contributed by atoms with Crippen LogP contribution >= 0.6 is 11.3 Å². The second-order valence-electron chi connectivity index (χ2n) is 6.92. The minimum absolute atomic E-state index is 0.0998. The van der Waals surface area contributed by atoms with Gasteiger partial charge in [0, 0.05) is 5.54 Å². The van der Waals surface area contributed by atoms with E-state index in [0.29, 0.717) is 11.2 Å². The molecule has 2 aromatic carbocycles. The highest BCUT2D eigenvalue weighted by Gasteiger charge is 2.23. The molecule has 0 unspecified atom stereocenters. The largest absolute Gasteiger partial charge is 0.308 e. The van der Waals surface area contributed by atoms with Crippen molar-refractivity contribution < 1.29 is 8.42 Å². The molecule has 7 heteroatoms. The summed E-state index contributed by atoms with van der Waals surface area (Å²) in [4.78, 5) is 12.4. The van der Waals surface area contributed by atoms with Gasteiger partial charge < -0.3 is 0 Å². The summed E-state index contributed by atoms with van der Waals surface area (Å²) in [5, 5.41) is 0. The Hall–Kier alpha value is -1.96. The molecule has 0 atom stereocenters. The molecule has 0 aliphatic carbocycles. The average molecular weight is 377 g/mol. The van der Waals surface area contributed by atoms with Gasteiger partial charge in [-0.1, -0.05) is 41.7 Å². The third-order valence-corrected chi connectivity index (χ3v) is 6.27. The molecule has 3 aromatic rings. The lowest BCUT2D eigenvalue weighted by molar-refractivity contribution is 0.491. The van der Waals surface area contributed by atoms with Crippen LogP contribution in [-0.2, 0) is 16.6 Å². The summed E-state index contributed by atoms with van der Waals surface area (Å²) in [6, 6.07) is 14.5. The van der Waals surface area contributed by atoms with Crippen molar-refractivity contribution in [1.82, 2.24) is 9.29 Å². The summed E-state index contributed by atoms with van der Waals surface area (Å²) >= 11 is 1.06. The molecule has 0 saturated heterocycles. The number of sulfonamides is 1. The molecule has 0 spiro atoms. The number of fused-ring (bicyclic) bond motifs is 1. The van der Waals surface area contributed by atoms with Gasteiger partial charge in [-0.05, 0) is 44.5 Å². The summed E-state index contributed by atoms with van der Waals surface area (Å²) in [5.74, 6) is 0. The van der Waals surface area contributed by atoms with Gasteiger partial charge >= 0.3 is 4.87 Å². The highest BCUT2D eigenvalue weighted by Crippen LogP contribution is 2.23. The predicted octanol–water partition coefficient (Wildman–Crippen LogP) is 3.19. The molecule has 0 amide bonds. The zero-order chi connectivity index (χ0) is 18.2. The van der Waals surface area contributed by atoms with Crippen LogP contribution < -0.4 is 9.60 Å². The average Bonchev–Trinajstić information content (AvgIpc) is 2.81. The Balaban J connectivity index is 2.02. The number of aromatic nitrogens is 1. The minimum Gasteiger partial charge on any atom is -0.294 e. The summed E-state index contributed by atoms with van der Waals surface area (Å²) in [6.07, 6.45) is 0. The van der Waals surface area contributed by atoms with Crippen molar-refractivity contribution in [2.24, 2.45) is 0 Å². The van der Waals surface area contributed by atoms with E-state index in [0.717, 1.165) is 22.4 Å². The minimum atomic E-state index is -3.63. The highest BCUT2D eigenvalue weighted by molar-refractivity contribution is 7.89. The third-order valence-electron chi connectivity index (χ3n) is 3.57. The fraction of sp³-hybridized carbons (Fsp3) is 0.278. The number of hydrogen-bond donors (Lipinski definition) is 1. The highest BCUT2D eigenvalue weighted by atomic mass is 32.2. The molecular weight excluding hydrogens is 356 g/mol. The van der Waals surface area contributed by atoms with Crippen LogP contribution in [0.3, 0.4) is 0 Å². The molecular formula is C18H20N2O3S2. The second kappa shape index (κ2) is 6.40. The van der Waals surface area contributed by atoms with Gasteiger partial charge in [-0.3, -0.25) is 9.36 Å².